The normalized spacial score (nSPS) is 10.1. The van der Waals surface area contributed by atoms with Gasteiger partial charge in [-0.15, -0.1) is 17.3 Å². The summed E-state index contributed by atoms with van der Waals surface area (Å²) in [7, 11) is 0. The number of ether oxygens (including phenoxy) is 1. The molecule has 0 spiro atoms. The molecule has 0 heterocycles. The van der Waals surface area contributed by atoms with Crippen LogP contribution < -0.4 is 0 Å². The van der Waals surface area contributed by atoms with Crippen LogP contribution in [0.4, 0.5) is 0 Å². The standard InChI is InChI=1S/C16H29ClO/c1-2-3-4-5-6-7-9-12-15-18-16-13-10-8-11-14-17/h8,13H,2-7,9,11-12,14-16H2,1H3. The summed E-state index contributed by atoms with van der Waals surface area (Å²) >= 11 is 5.54. The second-order valence-corrected chi connectivity index (χ2v) is 4.98. The van der Waals surface area contributed by atoms with Gasteiger partial charge in [0.15, 0.2) is 0 Å². The molecule has 0 rings (SSSR count). The van der Waals surface area contributed by atoms with E-state index in [2.05, 4.69) is 12.7 Å². The van der Waals surface area contributed by atoms with Crippen molar-refractivity contribution in [2.45, 2.75) is 64.7 Å². The van der Waals surface area contributed by atoms with Gasteiger partial charge in [-0.1, -0.05) is 51.9 Å². The first-order chi connectivity index (χ1) is 8.91. The average molecular weight is 273 g/mol. The Labute approximate surface area is 118 Å². The SMILES string of the molecule is CCCCCCCCCCOCC=C=CCCCl. The van der Waals surface area contributed by atoms with E-state index in [1.165, 1.54) is 51.4 Å². The van der Waals surface area contributed by atoms with Crippen molar-refractivity contribution in [1.82, 2.24) is 0 Å². The van der Waals surface area contributed by atoms with Gasteiger partial charge < -0.3 is 4.74 Å². The summed E-state index contributed by atoms with van der Waals surface area (Å²) in [6.07, 6.45) is 15.5. The molecular formula is C16H29ClO. The lowest BCUT2D eigenvalue weighted by Gasteiger charge is -2.01. The molecule has 0 saturated heterocycles. The maximum absolute atomic E-state index is 5.54. The molecule has 0 bridgehead atoms. The first-order valence-electron chi connectivity index (χ1n) is 7.45. The van der Waals surface area contributed by atoms with Gasteiger partial charge in [0.1, 0.15) is 0 Å². The fourth-order valence-corrected chi connectivity index (χ4v) is 1.86. The van der Waals surface area contributed by atoms with Crippen LogP contribution in [0.25, 0.3) is 0 Å². The Bertz CT molecular complexity index is 207. The predicted octanol–water partition coefficient (Wildman–Crippen LogP) is 5.48. The third-order valence-corrected chi connectivity index (χ3v) is 3.05. The molecule has 0 fully saturated rings. The number of unbranched alkanes of at least 4 members (excludes halogenated alkanes) is 7. The Hall–Kier alpha value is -0.230. The number of hydrogen-bond acceptors (Lipinski definition) is 1. The van der Waals surface area contributed by atoms with E-state index in [0.29, 0.717) is 12.5 Å². The quantitative estimate of drug-likeness (QED) is 0.245. The molecule has 1 nitrogen and oxygen atoms in total. The van der Waals surface area contributed by atoms with Crippen LogP contribution in [0.2, 0.25) is 0 Å². The molecule has 18 heavy (non-hydrogen) atoms. The van der Waals surface area contributed by atoms with E-state index in [4.69, 9.17) is 16.3 Å². The zero-order chi connectivity index (χ0) is 13.3. The van der Waals surface area contributed by atoms with E-state index in [-0.39, 0.29) is 0 Å². The topological polar surface area (TPSA) is 9.23 Å². The Morgan fingerprint density at radius 3 is 2.28 bits per heavy atom. The van der Waals surface area contributed by atoms with E-state index >= 15 is 0 Å². The zero-order valence-corrected chi connectivity index (χ0v) is 12.7. The number of rotatable bonds is 13. The first kappa shape index (κ1) is 17.8. The molecule has 0 aromatic heterocycles. The maximum atomic E-state index is 5.54. The Kier molecular flexibility index (Phi) is 16.6. The van der Waals surface area contributed by atoms with Crippen LogP contribution in [0.15, 0.2) is 17.9 Å². The lowest BCUT2D eigenvalue weighted by molar-refractivity contribution is 0.157. The molecule has 0 aromatic rings. The molecule has 0 amide bonds. The fourth-order valence-electron chi connectivity index (χ4n) is 1.75. The van der Waals surface area contributed by atoms with Crippen LogP contribution in [0.5, 0.6) is 0 Å². The highest BCUT2D eigenvalue weighted by molar-refractivity contribution is 6.17. The number of hydrogen-bond donors (Lipinski definition) is 0. The van der Waals surface area contributed by atoms with Crippen molar-refractivity contribution < 1.29 is 4.74 Å². The van der Waals surface area contributed by atoms with Crippen molar-refractivity contribution in [2.24, 2.45) is 0 Å². The predicted molar refractivity (Wildman–Crippen MR) is 81.4 cm³/mol. The lowest BCUT2D eigenvalue weighted by Crippen LogP contribution is -1.94. The molecule has 0 radical (unpaired) electrons. The third kappa shape index (κ3) is 15.8. The van der Waals surface area contributed by atoms with E-state index in [0.717, 1.165) is 13.0 Å². The highest BCUT2D eigenvalue weighted by Crippen LogP contribution is 2.08. The average Bonchev–Trinajstić information content (AvgIpc) is 2.39. The molecule has 0 aliphatic heterocycles. The van der Waals surface area contributed by atoms with Gasteiger partial charge in [-0.25, -0.2) is 0 Å². The number of alkyl halides is 1. The molecule has 0 unspecified atom stereocenters. The van der Waals surface area contributed by atoms with Crippen LogP contribution in [0.1, 0.15) is 64.7 Å². The van der Waals surface area contributed by atoms with E-state index in [9.17, 15) is 0 Å². The Morgan fingerprint density at radius 1 is 0.944 bits per heavy atom. The van der Waals surface area contributed by atoms with Gasteiger partial charge in [0.2, 0.25) is 0 Å². The zero-order valence-electron chi connectivity index (χ0n) is 11.9. The van der Waals surface area contributed by atoms with Crippen molar-refractivity contribution in [3.05, 3.63) is 17.9 Å². The fraction of sp³-hybridized carbons (Fsp3) is 0.812. The minimum absolute atomic E-state index is 0.667. The van der Waals surface area contributed by atoms with E-state index < -0.39 is 0 Å². The summed E-state index contributed by atoms with van der Waals surface area (Å²) in [5.41, 5.74) is 3.06. The minimum Gasteiger partial charge on any atom is -0.377 e. The molecular weight excluding hydrogens is 244 g/mol. The summed E-state index contributed by atoms with van der Waals surface area (Å²) in [5.74, 6) is 0.667. The summed E-state index contributed by atoms with van der Waals surface area (Å²) in [6, 6.07) is 0. The largest absolute Gasteiger partial charge is 0.377 e. The van der Waals surface area contributed by atoms with Crippen molar-refractivity contribution in [3.8, 4) is 0 Å². The smallest absolute Gasteiger partial charge is 0.0721 e. The van der Waals surface area contributed by atoms with Gasteiger partial charge in [-0.3, -0.25) is 0 Å². The van der Waals surface area contributed by atoms with E-state index in [1.807, 2.05) is 12.2 Å². The summed E-state index contributed by atoms with van der Waals surface area (Å²) in [4.78, 5) is 0. The highest BCUT2D eigenvalue weighted by Gasteiger charge is 1.91. The van der Waals surface area contributed by atoms with Crippen molar-refractivity contribution in [3.63, 3.8) is 0 Å². The molecule has 0 aliphatic carbocycles. The third-order valence-electron chi connectivity index (χ3n) is 2.83. The van der Waals surface area contributed by atoms with Crippen LogP contribution in [0, 0.1) is 0 Å². The van der Waals surface area contributed by atoms with Gasteiger partial charge in [0.05, 0.1) is 6.61 Å². The van der Waals surface area contributed by atoms with Crippen molar-refractivity contribution >= 4 is 11.6 Å². The second kappa shape index (κ2) is 16.8. The molecule has 0 saturated carbocycles. The van der Waals surface area contributed by atoms with Gasteiger partial charge in [-0.2, -0.15) is 0 Å². The number of halogens is 1. The van der Waals surface area contributed by atoms with Crippen molar-refractivity contribution in [2.75, 3.05) is 19.1 Å². The van der Waals surface area contributed by atoms with Gasteiger partial charge >= 0.3 is 0 Å². The minimum atomic E-state index is 0.667. The maximum Gasteiger partial charge on any atom is 0.0721 e. The molecule has 0 atom stereocenters. The first-order valence-corrected chi connectivity index (χ1v) is 7.98. The van der Waals surface area contributed by atoms with Gasteiger partial charge in [0, 0.05) is 12.5 Å². The van der Waals surface area contributed by atoms with Gasteiger partial charge in [-0.05, 0) is 25.0 Å². The van der Waals surface area contributed by atoms with Crippen LogP contribution in [-0.4, -0.2) is 19.1 Å². The molecule has 0 N–H and O–H groups in total. The Morgan fingerprint density at radius 2 is 1.61 bits per heavy atom. The summed E-state index contributed by atoms with van der Waals surface area (Å²) in [5, 5.41) is 0. The van der Waals surface area contributed by atoms with Crippen molar-refractivity contribution in [1.29, 1.82) is 0 Å². The van der Waals surface area contributed by atoms with Crippen LogP contribution >= 0.6 is 11.6 Å². The summed E-state index contributed by atoms with van der Waals surface area (Å²) in [6.45, 7) is 3.81. The van der Waals surface area contributed by atoms with Crippen LogP contribution in [-0.2, 0) is 4.74 Å². The Balaban J connectivity index is 3.05. The second-order valence-electron chi connectivity index (χ2n) is 4.60. The molecule has 106 valence electrons. The molecule has 0 aliphatic rings. The van der Waals surface area contributed by atoms with Crippen LogP contribution in [0.3, 0.4) is 0 Å². The molecule has 2 heteroatoms. The molecule has 0 aromatic carbocycles. The summed E-state index contributed by atoms with van der Waals surface area (Å²) < 4.78 is 5.49. The van der Waals surface area contributed by atoms with Gasteiger partial charge in [0.25, 0.3) is 0 Å². The lowest BCUT2D eigenvalue weighted by atomic mass is 10.1. The monoisotopic (exact) mass is 272 g/mol. The highest BCUT2D eigenvalue weighted by atomic mass is 35.5. The van der Waals surface area contributed by atoms with E-state index in [1.54, 1.807) is 0 Å².